The van der Waals surface area contributed by atoms with Crippen LogP contribution in [0.25, 0.3) is 11.0 Å². The van der Waals surface area contributed by atoms with Crippen molar-refractivity contribution in [3.63, 3.8) is 0 Å². The molecule has 1 aromatic heterocycles. The molecule has 0 saturated carbocycles. The van der Waals surface area contributed by atoms with Crippen LogP contribution in [0, 0.1) is 0 Å². The van der Waals surface area contributed by atoms with Crippen LogP contribution < -0.4 is 5.32 Å². The van der Waals surface area contributed by atoms with Crippen LogP contribution in [-0.4, -0.2) is 26.2 Å². The summed E-state index contributed by atoms with van der Waals surface area (Å²) in [6.07, 6.45) is 2.60. The van der Waals surface area contributed by atoms with Crippen molar-refractivity contribution in [1.29, 1.82) is 0 Å². The van der Waals surface area contributed by atoms with Gasteiger partial charge in [0.05, 0.1) is 19.9 Å². The van der Waals surface area contributed by atoms with Crippen molar-refractivity contribution < 1.29 is 13.9 Å². The molecular weight excluding hydrogens is 218 g/mol. The minimum absolute atomic E-state index is 0.242. The number of nitrogens with one attached hydrogen (secondary N) is 1. The first-order valence-electron chi connectivity index (χ1n) is 5.54. The normalized spacial score (nSPS) is 10.6. The fourth-order valence-electron chi connectivity index (χ4n) is 1.71. The van der Waals surface area contributed by atoms with Gasteiger partial charge in [0, 0.05) is 5.39 Å². The third-order valence-corrected chi connectivity index (χ3v) is 2.63. The van der Waals surface area contributed by atoms with E-state index in [0.29, 0.717) is 0 Å². The number of rotatable bonds is 5. The fourth-order valence-corrected chi connectivity index (χ4v) is 1.71. The molecule has 0 amide bonds. The number of methoxy groups -OCH3 is 1. The molecule has 0 aliphatic heterocycles. The average molecular weight is 233 g/mol. The third-order valence-electron chi connectivity index (χ3n) is 2.63. The van der Waals surface area contributed by atoms with Crippen LogP contribution in [0.5, 0.6) is 0 Å². The zero-order chi connectivity index (χ0) is 12.1. The lowest BCUT2D eigenvalue weighted by Gasteiger charge is -2.02. The topological polar surface area (TPSA) is 51.5 Å². The highest BCUT2D eigenvalue weighted by atomic mass is 16.5. The van der Waals surface area contributed by atoms with Gasteiger partial charge in [0.25, 0.3) is 0 Å². The molecule has 0 aliphatic rings. The van der Waals surface area contributed by atoms with Crippen molar-refractivity contribution in [3.8, 4) is 0 Å². The third kappa shape index (κ3) is 2.85. The first kappa shape index (κ1) is 11.7. The lowest BCUT2D eigenvalue weighted by molar-refractivity contribution is -0.139. The Bertz CT molecular complexity index is 504. The maximum Gasteiger partial charge on any atom is 0.319 e. The number of furan rings is 1. The second-order valence-electron chi connectivity index (χ2n) is 3.76. The van der Waals surface area contributed by atoms with Crippen LogP contribution >= 0.6 is 0 Å². The molecule has 0 saturated heterocycles. The van der Waals surface area contributed by atoms with Gasteiger partial charge < -0.3 is 14.5 Å². The Morgan fingerprint density at radius 3 is 3.06 bits per heavy atom. The number of carbonyl (C=O) groups is 1. The molecular formula is C13H15NO3. The van der Waals surface area contributed by atoms with E-state index in [9.17, 15) is 4.79 Å². The number of fused-ring (bicyclic) bond motifs is 1. The number of para-hydroxylation sites is 1. The van der Waals surface area contributed by atoms with E-state index < -0.39 is 0 Å². The molecule has 90 valence electrons. The molecule has 0 atom stereocenters. The highest BCUT2D eigenvalue weighted by molar-refractivity contribution is 5.80. The van der Waals surface area contributed by atoms with Crippen molar-refractivity contribution in [2.45, 2.75) is 6.42 Å². The van der Waals surface area contributed by atoms with E-state index in [-0.39, 0.29) is 12.5 Å². The van der Waals surface area contributed by atoms with Gasteiger partial charge in [0.1, 0.15) is 5.58 Å². The summed E-state index contributed by atoms with van der Waals surface area (Å²) in [6.45, 7) is 0.963. The highest BCUT2D eigenvalue weighted by Crippen LogP contribution is 2.20. The molecule has 2 aromatic rings. The quantitative estimate of drug-likeness (QED) is 0.631. The van der Waals surface area contributed by atoms with Crippen molar-refractivity contribution in [2.75, 3.05) is 20.2 Å². The number of benzene rings is 1. The highest BCUT2D eigenvalue weighted by Gasteiger charge is 2.05. The van der Waals surface area contributed by atoms with E-state index in [1.165, 1.54) is 7.11 Å². The Balaban J connectivity index is 1.89. The van der Waals surface area contributed by atoms with Crippen LogP contribution in [0.15, 0.2) is 34.9 Å². The summed E-state index contributed by atoms with van der Waals surface area (Å²) in [6, 6.07) is 7.92. The Labute approximate surface area is 99.6 Å². The van der Waals surface area contributed by atoms with Gasteiger partial charge in [-0.15, -0.1) is 0 Å². The van der Waals surface area contributed by atoms with Crippen LogP contribution in [0.2, 0.25) is 0 Å². The minimum atomic E-state index is -0.248. The zero-order valence-electron chi connectivity index (χ0n) is 9.73. The predicted octanol–water partition coefficient (Wildman–Crippen LogP) is 1.74. The van der Waals surface area contributed by atoms with Crippen LogP contribution in [-0.2, 0) is 16.0 Å². The SMILES string of the molecule is COC(=O)CNCCc1coc2ccccc12. The molecule has 0 radical (unpaired) electrons. The summed E-state index contributed by atoms with van der Waals surface area (Å²) in [5.74, 6) is -0.248. The fraction of sp³-hybridized carbons (Fsp3) is 0.308. The summed E-state index contributed by atoms with van der Waals surface area (Å²) in [5, 5.41) is 4.15. The van der Waals surface area contributed by atoms with Crippen LogP contribution in [0.4, 0.5) is 0 Å². The molecule has 0 aliphatic carbocycles. The standard InChI is InChI=1S/C13H15NO3/c1-16-13(15)8-14-7-6-10-9-17-12-5-3-2-4-11(10)12/h2-5,9,14H,6-8H2,1H3. The maximum absolute atomic E-state index is 10.9. The first-order valence-corrected chi connectivity index (χ1v) is 5.54. The summed E-state index contributed by atoms with van der Waals surface area (Å²) >= 11 is 0. The molecule has 1 N–H and O–H groups in total. The molecule has 0 bridgehead atoms. The van der Waals surface area contributed by atoms with E-state index in [4.69, 9.17) is 4.42 Å². The molecule has 0 spiro atoms. The van der Waals surface area contributed by atoms with Gasteiger partial charge in [-0.25, -0.2) is 0 Å². The van der Waals surface area contributed by atoms with Gasteiger partial charge in [0.15, 0.2) is 0 Å². The lowest BCUT2D eigenvalue weighted by atomic mass is 10.1. The monoisotopic (exact) mass is 233 g/mol. The summed E-state index contributed by atoms with van der Waals surface area (Å²) in [5.41, 5.74) is 2.05. The van der Waals surface area contributed by atoms with Crippen LogP contribution in [0.3, 0.4) is 0 Å². The Hall–Kier alpha value is -1.81. The maximum atomic E-state index is 10.9. The largest absolute Gasteiger partial charge is 0.468 e. The van der Waals surface area contributed by atoms with Gasteiger partial charge in [-0.1, -0.05) is 18.2 Å². The number of carbonyl (C=O) groups excluding carboxylic acids is 1. The Morgan fingerprint density at radius 2 is 2.24 bits per heavy atom. The number of hydrogen-bond acceptors (Lipinski definition) is 4. The van der Waals surface area contributed by atoms with Gasteiger partial charge >= 0.3 is 5.97 Å². The summed E-state index contributed by atoms with van der Waals surface area (Å²) < 4.78 is 9.97. The Morgan fingerprint density at radius 1 is 1.41 bits per heavy atom. The molecule has 2 rings (SSSR count). The van der Waals surface area contributed by atoms with Gasteiger partial charge in [0.2, 0.25) is 0 Å². The minimum Gasteiger partial charge on any atom is -0.468 e. The molecule has 1 heterocycles. The molecule has 17 heavy (non-hydrogen) atoms. The number of hydrogen-bond donors (Lipinski definition) is 1. The summed E-state index contributed by atoms with van der Waals surface area (Å²) in [7, 11) is 1.38. The van der Waals surface area contributed by atoms with Gasteiger partial charge in [-0.3, -0.25) is 4.79 Å². The number of esters is 1. The number of ether oxygens (including phenoxy) is 1. The van der Waals surface area contributed by atoms with Crippen molar-refractivity contribution >= 4 is 16.9 Å². The molecule has 4 nitrogen and oxygen atoms in total. The van der Waals surface area contributed by atoms with E-state index in [0.717, 1.165) is 29.5 Å². The predicted molar refractivity (Wildman–Crippen MR) is 64.8 cm³/mol. The molecule has 0 unspecified atom stereocenters. The van der Waals surface area contributed by atoms with Crippen LogP contribution in [0.1, 0.15) is 5.56 Å². The summed E-state index contributed by atoms with van der Waals surface area (Å²) in [4.78, 5) is 10.9. The van der Waals surface area contributed by atoms with E-state index in [1.54, 1.807) is 6.26 Å². The van der Waals surface area contributed by atoms with Gasteiger partial charge in [-0.05, 0) is 24.6 Å². The second kappa shape index (κ2) is 5.50. The average Bonchev–Trinajstić information content (AvgIpc) is 2.78. The van der Waals surface area contributed by atoms with Crippen molar-refractivity contribution in [3.05, 3.63) is 36.1 Å². The lowest BCUT2D eigenvalue weighted by Crippen LogP contribution is -2.25. The molecule has 4 heteroatoms. The van der Waals surface area contributed by atoms with E-state index in [1.807, 2.05) is 24.3 Å². The van der Waals surface area contributed by atoms with Gasteiger partial charge in [-0.2, -0.15) is 0 Å². The zero-order valence-corrected chi connectivity index (χ0v) is 9.73. The van der Waals surface area contributed by atoms with E-state index in [2.05, 4.69) is 10.1 Å². The molecule has 0 fully saturated rings. The van der Waals surface area contributed by atoms with Crippen molar-refractivity contribution in [1.82, 2.24) is 5.32 Å². The second-order valence-corrected chi connectivity index (χ2v) is 3.76. The molecule has 1 aromatic carbocycles. The smallest absolute Gasteiger partial charge is 0.319 e. The Kier molecular flexibility index (Phi) is 3.77. The van der Waals surface area contributed by atoms with E-state index >= 15 is 0 Å². The first-order chi connectivity index (χ1) is 8.31. The van der Waals surface area contributed by atoms with Crippen molar-refractivity contribution in [2.24, 2.45) is 0 Å².